The summed E-state index contributed by atoms with van der Waals surface area (Å²) in [6.45, 7) is 11.8. The summed E-state index contributed by atoms with van der Waals surface area (Å²) in [6.07, 6.45) is 1.66. The van der Waals surface area contributed by atoms with Gasteiger partial charge in [-0.05, 0) is 39.7 Å². The molecule has 1 rings (SSSR count). The van der Waals surface area contributed by atoms with E-state index in [0.29, 0.717) is 13.0 Å². The van der Waals surface area contributed by atoms with Crippen LogP contribution in [0.15, 0.2) is 43.0 Å². The summed E-state index contributed by atoms with van der Waals surface area (Å²) in [7, 11) is 0. The number of benzene rings is 1. The summed E-state index contributed by atoms with van der Waals surface area (Å²) in [6, 6.07) is 9.74. The van der Waals surface area contributed by atoms with Crippen LogP contribution in [0, 0.1) is 0 Å². The molecule has 0 aliphatic carbocycles. The summed E-state index contributed by atoms with van der Waals surface area (Å²) in [4.78, 5) is 12.1. The van der Waals surface area contributed by atoms with E-state index in [1.807, 2.05) is 58.0 Å². The van der Waals surface area contributed by atoms with Crippen LogP contribution in [0.4, 0.5) is 4.79 Å². The van der Waals surface area contributed by atoms with Crippen molar-refractivity contribution in [3.63, 3.8) is 0 Å². The maximum absolute atomic E-state index is 12.1. The lowest BCUT2D eigenvalue weighted by atomic mass is 10.0. The van der Waals surface area contributed by atoms with Gasteiger partial charge in [-0.3, -0.25) is 0 Å². The van der Waals surface area contributed by atoms with Gasteiger partial charge in [0, 0.05) is 6.61 Å². The van der Waals surface area contributed by atoms with E-state index in [4.69, 9.17) is 9.47 Å². The Bertz CT molecular complexity index is 465. The molecule has 122 valence electrons. The third-order valence-electron chi connectivity index (χ3n) is 2.99. The first-order valence-electron chi connectivity index (χ1n) is 7.63. The van der Waals surface area contributed by atoms with E-state index in [1.54, 1.807) is 6.08 Å². The summed E-state index contributed by atoms with van der Waals surface area (Å²) >= 11 is 0. The zero-order chi connectivity index (χ0) is 16.6. The van der Waals surface area contributed by atoms with E-state index >= 15 is 0 Å². The molecule has 0 saturated heterocycles. The SMILES string of the molecule is C=C[C@@H](OCC)[C@@H](Cc1ccccc1)NC(=O)OC(C)(C)C. The second-order valence-corrected chi connectivity index (χ2v) is 6.10. The standard InChI is InChI=1S/C18H27NO3/c1-6-16(21-7-2)15(13-14-11-9-8-10-12-14)19-17(20)22-18(3,4)5/h6,8-12,15-16H,1,7,13H2,2-5H3,(H,19,20)/t15-,16-/m1/s1. The molecule has 0 heterocycles. The van der Waals surface area contributed by atoms with Crippen LogP contribution in [0.5, 0.6) is 0 Å². The van der Waals surface area contributed by atoms with Crippen molar-refractivity contribution in [1.82, 2.24) is 5.32 Å². The van der Waals surface area contributed by atoms with Crippen LogP contribution >= 0.6 is 0 Å². The van der Waals surface area contributed by atoms with Gasteiger partial charge in [-0.25, -0.2) is 4.79 Å². The second-order valence-electron chi connectivity index (χ2n) is 6.10. The van der Waals surface area contributed by atoms with Gasteiger partial charge in [-0.1, -0.05) is 36.4 Å². The highest BCUT2D eigenvalue weighted by Crippen LogP contribution is 2.12. The molecule has 1 aromatic carbocycles. The summed E-state index contributed by atoms with van der Waals surface area (Å²) in [5, 5.41) is 2.90. The molecule has 1 aromatic rings. The third kappa shape index (κ3) is 6.76. The molecule has 4 nitrogen and oxygen atoms in total. The fraction of sp³-hybridized carbons (Fsp3) is 0.500. The van der Waals surface area contributed by atoms with Crippen LogP contribution < -0.4 is 5.32 Å². The number of rotatable bonds is 7. The van der Waals surface area contributed by atoms with Crippen LogP contribution in [-0.2, 0) is 15.9 Å². The van der Waals surface area contributed by atoms with Crippen molar-refractivity contribution < 1.29 is 14.3 Å². The van der Waals surface area contributed by atoms with Crippen LogP contribution in [-0.4, -0.2) is 30.4 Å². The molecule has 0 bridgehead atoms. The zero-order valence-corrected chi connectivity index (χ0v) is 14.0. The van der Waals surface area contributed by atoms with Gasteiger partial charge in [0.1, 0.15) is 5.60 Å². The molecule has 0 unspecified atom stereocenters. The number of carbonyl (C=O) groups is 1. The molecule has 22 heavy (non-hydrogen) atoms. The van der Waals surface area contributed by atoms with Gasteiger partial charge in [0.2, 0.25) is 0 Å². The van der Waals surface area contributed by atoms with Gasteiger partial charge in [-0.2, -0.15) is 0 Å². The first-order chi connectivity index (χ1) is 10.4. The Morgan fingerprint density at radius 1 is 1.32 bits per heavy atom. The molecule has 4 heteroatoms. The maximum atomic E-state index is 12.1. The molecule has 0 saturated carbocycles. The van der Waals surface area contributed by atoms with Crippen molar-refractivity contribution in [1.29, 1.82) is 0 Å². The largest absolute Gasteiger partial charge is 0.444 e. The summed E-state index contributed by atoms with van der Waals surface area (Å²) in [5.74, 6) is 0. The van der Waals surface area contributed by atoms with Crippen molar-refractivity contribution in [3.8, 4) is 0 Å². The van der Waals surface area contributed by atoms with E-state index in [2.05, 4.69) is 11.9 Å². The first kappa shape index (κ1) is 18.2. The van der Waals surface area contributed by atoms with Crippen molar-refractivity contribution in [2.75, 3.05) is 6.61 Å². The Hall–Kier alpha value is -1.81. The quantitative estimate of drug-likeness (QED) is 0.781. The highest BCUT2D eigenvalue weighted by atomic mass is 16.6. The van der Waals surface area contributed by atoms with E-state index < -0.39 is 11.7 Å². The van der Waals surface area contributed by atoms with Gasteiger partial charge in [0.15, 0.2) is 0 Å². The van der Waals surface area contributed by atoms with Crippen molar-refractivity contribution in [2.24, 2.45) is 0 Å². The number of carbonyl (C=O) groups excluding carboxylic acids is 1. The molecular formula is C18H27NO3. The number of nitrogens with one attached hydrogen (secondary N) is 1. The Morgan fingerprint density at radius 3 is 2.45 bits per heavy atom. The van der Waals surface area contributed by atoms with E-state index in [1.165, 1.54) is 0 Å². The monoisotopic (exact) mass is 305 g/mol. The minimum absolute atomic E-state index is 0.227. The number of ether oxygens (including phenoxy) is 2. The molecule has 2 atom stereocenters. The molecular weight excluding hydrogens is 278 g/mol. The Balaban J connectivity index is 2.81. The van der Waals surface area contributed by atoms with Crippen LogP contribution in [0.3, 0.4) is 0 Å². The molecule has 1 N–H and O–H groups in total. The predicted octanol–water partition coefficient (Wildman–Crippen LogP) is 3.71. The normalized spacial score (nSPS) is 14.0. The number of alkyl carbamates (subject to hydrolysis) is 1. The summed E-state index contributed by atoms with van der Waals surface area (Å²) < 4.78 is 11.0. The van der Waals surface area contributed by atoms with Gasteiger partial charge < -0.3 is 14.8 Å². The van der Waals surface area contributed by atoms with E-state index in [0.717, 1.165) is 5.56 Å². The lowest BCUT2D eigenvalue weighted by molar-refractivity contribution is 0.0346. The molecule has 0 spiro atoms. The van der Waals surface area contributed by atoms with Crippen molar-refractivity contribution in [3.05, 3.63) is 48.6 Å². The van der Waals surface area contributed by atoms with Gasteiger partial charge >= 0.3 is 6.09 Å². The van der Waals surface area contributed by atoms with Crippen molar-refractivity contribution in [2.45, 2.75) is 51.9 Å². The molecule has 0 aliphatic rings. The fourth-order valence-corrected chi connectivity index (χ4v) is 2.12. The number of hydrogen-bond acceptors (Lipinski definition) is 3. The highest BCUT2D eigenvalue weighted by molar-refractivity contribution is 5.68. The Morgan fingerprint density at radius 2 is 1.95 bits per heavy atom. The van der Waals surface area contributed by atoms with Gasteiger partial charge in [-0.15, -0.1) is 6.58 Å². The molecule has 0 aromatic heterocycles. The van der Waals surface area contributed by atoms with E-state index in [-0.39, 0.29) is 12.1 Å². The topological polar surface area (TPSA) is 47.6 Å². The Kier molecular flexibility index (Phi) is 7.12. The maximum Gasteiger partial charge on any atom is 0.407 e. The zero-order valence-electron chi connectivity index (χ0n) is 14.0. The molecule has 1 amide bonds. The minimum atomic E-state index is -0.531. The minimum Gasteiger partial charge on any atom is -0.444 e. The van der Waals surface area contributed by atoms with Crippen LogP contribution in [0.2, 0.25) is 0 Å². The lowest BCUT2D eigenvalue weighted by Crippen LogP contribution is -2.47. The van der Waals surface area contributed by atoms with E-state index in [9.17, 15) is 4.79 Å². The predicted molar refractivity (Wildman–Crippen MR) is 88.9 cm³/mol. The third-order valence-corrected chi connectivity index (χ3v) is 2.99. The lowest BCUT2D eigenvalue weighted by Gasteiger charge is -2.27. The first-order valence-corrected chi connectivity index (χ1v) is 7.63. The fourth-order valence-electron chi connectivity index (χ4n) is 2.12. The second kappa shape index (κ2) is 8.59. The van der Waals surface area contributed by atoms with Crippen molar-refractivity contribution >= 4 is 6.09 Å². The average molecular weight is 305 g/mol. The average Bonchev–Trinajstić information content (AvgIpc) is 2.43. The molecule has 0 aliphatic heterocycles. The highest BCUT2D eigenvalue weighted by Gasteiger charge is 2.24. The molecule has 0 radical (unpaired) electrons. The van der Waals surface area contributed by atoms with Gasteiger partial charge in [0.05, 0.1) is 12.1 Å². The Labute approximate surface area is 133 Å². The van der Waals surface area contributed by atoms with Crippen LogP contribution in [0.25, 0.3) is 0 Å². The smallest absolute Gasteiger partial charge is 0.407 e. The van der Waals surface area contributed by atoms with Gasteiger partial charge in [0.25, 0.3) is 0 Å². The summed E-state index contributed by atoms with van der Waals surface area (Å²) in [5.41, 5.74) is 0.589. The number of hydrogen-bond donors (Lipinski definition) is 1. The number of amides is 1. The van der Waals surface area contributed by atoms with Crippen LogP contribution in [0.1, 0.15) is 33.3 Å². The molecule has 0 fully saturated rings.